The highest BCUT2D eigenvalue weighted by Crippen LogP contribution is 2.28. The molecular formula is C25H32N2O6S. The van der Waals surface area contributed by atoms with Crippen LogP contribution in [-0.4, -0.2) is 50.9 Å². The molecule has 0 saturated carbocycles. The fourth-order valence-corrected chi connectivity index (χ4v) is 5.56. The molecule has 1 N–H and O–H groups in total. The number of piperidine rings is 1. The number of hydrogen-bond acceptors (Lipinski definition) is 6. The summed E-state index contributed by atoms with van der Waals surface area (Å²) in [5, 5.41) is 2.87. The molecule has 0 radical (unpaired) electrons. The number of carbonyl (C=O) groups is 2. The van der Waals surface area contributed by atoms with Crippen molar-refractivity contribution in [1.82, 2.24) is 4.31 Å². The first-order chi connectivity index (χ1) is 16.2. The predicted octanol–water partition coefficient (Wildman–Crippen LogP) is 3.54. The van der Waals surface area contributed by atoms with Gasteiger partial charge in [0, 0.05) is 18.8 Å². The number of rotatable bonds is 9. The van der Waals surface area contributed by atoms with Crippen LogP contribution in [0, 0.1) is 12.8 Å². The molecule has 1 aliphatic rings. The molecule has 8 nitrogen and oxygen atoms in total. The summed E-state index contributed by atoms with van der Waals surface area (Å²) in [6, 6.07) is 11.8. The van der Waals surface area contributed by atoms with Gasteiger partial charge in [-0.2, -0.15) is 4.31 Å². The minimum Gasteiger partial charge on any atom is -0.494 e. The number of nitrogens with one attached hydrogen (secondary N) is 1. The third-order valence-electron chi connectivity index (χ3n) is 5.71. The van der Waals surface area contributed by atoms with Gasteiger partial charge in [0.25, 0.3) is 0 Å². The van der Waals surface area contributed by atoms with Crippen molar-refractivity contribution in [3.05, 3.63) is 53.6 Å². The van der Waals surface area contributed by atoms with E-state index in [4.69, 9.17) is 9.47 Å². The Morgan fingerprint density at radius 3 is 2.47 bits per heavy atom. The Kier molecular flexibility index (Phi) is 8.68. The second-order valence-corrected chi connectivity index (χ2v) is 10.2. The van der Waals surface area contributed by atoms with Gasteiger partial charge in [-0.3, -0.25) is 9.59 Å². The quantitative estimate of drug-likeness (QED) is 0.542. The fourth-order valence-electron chi connectivity index (χ4n) is 3.95. The number of nitrogens with zero attached hydrogens (tertiary/aromatic N) is 1. The molecule has 1 fully saturated rings. The summed E-state index contributed by atoms with van der Waals surface area (Å²) in [6.07, 6.45) is 1.38. The normalized spacial score (nSPS) is 16.6. The van der Waals surface area contributed by atoms with Crippen LogP contribution in [0.2, 0.25) is 0 Å². The van der Waals surface area contributed by atoms with Crippen molar-refractivity contribution in [3.63, 3.8) is 0 Å². The molecule has 2 aromatic carbocycles. The topological polar surface area (TPSA) is 102 Å². The van der Waals surface area contributed by atoms with Gasteiger partial charge in [-0.15, -0.1) is 0 Å². The molecule has 0 bridgehead atoms. The lowest BCUT2D eigenvalue weighted by Crippen LogP contribution is -2.43. The van der Waals surface area contributed by atoms with Crippen LogP contribution in [0.3, 0.4) is 0 Å². The smallest absolute Gasteiger partial charge is 0.310 e. The average Bonchev–Trinajstić information content (AvgIpc) is 2.82. The zero-order valence-electron chi connectivity index (χ0n) is 19.9. The third-order valence-corrected chi connectivity index (χ3v) is 7.58. The number of carbonyl (C=O) groups excluding carboxylic acids is 2. The van der Waals surface area contributed by atoms with E-state index in [2.05, 4.69) is 5.32 Å². The second kappa shape index (κ2) is 11.5. The van der Waals surface area contributed by atoms with Gasteiger partial charge >= 0.3 is 5.97 Å². The number of sulfonamides is 1. The van der Waals surface area contributed by atoms with Crippen molar-refractivity contribution < 1.29 is 27.5 Å². The van der Waals surface area contributed by atoms with Gasteiger partial charge in [-0.05, 0) is 75.1 Å². The van der Waals surface area contributed by atoms with Crippen LogP contribution in [0.5, 0.6) is 5.75 Å². The van der Waals surface area contributed by atoms with E-state index in [0.29, 0.717) is 44.0 Å². The number of hydrogen-bond donors (Lipinski definition) is 1. The lowest BCUT2D eigenvalue weighted by molar-refractivity contribution is -0.142. The first kappa shape index (κ1) is 25.7. The van der Waals surface area contributed by atoms with E-state index in [1.807, 2.05) is 13.8 Å². The highest BCUT2D eigenvalue weighted by atomic mass is 32.2. The van der Waals surface area contributed by atoms with Gasteiger partial charge in [0.2, 0.25) is 15.9 Å². The standard InChI is InChI=1S/C25H32N2O6S/c1-4-32-23-13-12-22(15-18(23)3)34(30,31)27-14-6-7-20(17-27)25(29)26-21-10-8-19(9-11-21)16-24(28)33-5-2/h8-13,15,20H,4-7,14,16-17H2,1-3H3,(H,26,29)/t20-/m1/s1. The lowest BCUT2D eigenvalue weighted by atomic mass is 9.98. The molecule has 1 aliphatic heterocycles. The van der Waals surface area contributed by atoms with E-state index in [0.717, 1.165) is 11.1 Å². The van der Waals surface area contributed by atoms with Crippen molar-refractivity contribution >= 4 is 27.6 Å². The largest absolute Gasteiger partial charge is 0.494 e. The fraction of sp³-hybridized carbons (Fsp3) is 0.440. The molecule has 3 rings (SSSR count). The van der Waals surface area contributed by atoms with Crippen LogP contribution in [0.25, 0.3) is 0 Å². The summed E-state index contributed by atoms with van der Waals surface area (Å²) in [7, 11) is -3.72. The lowest BCUT2D eigenvalue weighted by Gasteiger charge is -2.31. The summed E-state index contributed by atoms with van der Waals surface area (Å²) < 4.78 is 38.3. The van der Waals surface area contributed by atoms with E-state index < -0.39 is 15.9 Å². The molecule has 0 aromatic heterocycles. The zero-order chi connectivity index (χ0) is 24.7. The van der Waals surface area contributed by atoms with E-state index in [1.165, 1.54) is 4.31 Å². The van der Waals surface area contributed by atoms with Crippen LogP contribution in [0.15, 0.2) is 47.4 Å². The molecule has 1 saturated heterocycles. The highest BCUT2D eigenvalue weighted by Gasteiger charge is 2.33. The molecule has 184 valence electrons. The van der Waals surface area contributed by atoms with Gasteiger partial charge in [0.15, 0.2) is 0 Å². The maximum absolute atomic E-state index is 13.2. The Hall–Kier alpha value is -2.91. The van der Waals surface area contributed by atoms with Crippen LogP contribution < -0.4 is 10.1 Å². The second-order valence-electron chi connectivity index (χ2n) is 8.23. The van der Waals surface area contributed by atoms with E-state index in [1.54, 1.807) is 49.4 Å². The minimum atomic E-state index is -3.72. The Bertz CT molecular complexity index is 1110. The van der Waals surface area contributed by atoms with E-state index >= 15 is 0 Å². The van der Waals surface area contributed by atoms with Crippen LogP contribution >= 0.6 is 0 Å². The number of amides is 1. The number of anilines is 1. The number of aryl methyl sites for hydroxylation is 1. The van der Waals surface area contributed by atoms with Crippen molar-refractivity contribution in [2.24, 2.45) is 5.92 Å². The third kappa shape index (κ3) is 6.36. The monoisotopic (exact) mass is 488 g/mol. The first-order valence-corrected chi connectivity index (χ1v) is 13.0. The van der Waals surface area contributed by atoms with Crippen LogP contribution in [-0.2, 0) is 30.8 Å². The average molecular weight is 489 g/mol. The van der Waals surface area contributed by atoms with Crippen molar-refractivity contribution in [1.29, 1.82) is 0 Å². The van der Waals surface area contributed by atoms with Crippen molar-refractivity contribution in [2.75, 3.05) is 31.6 Å². The Balaban J connectivity index is 1.64. The zero-order valence-corrected chi connectivity index (χ0v) is 20.7. The Morgan fingerprint density at radius 1 is 1.09 bits per heavy atom. The summed E-state index contributed by atoms with van der Waals surface area (Å²) >= 11 is 0. The highest BCUT2D eigenvalue weighted by molar-refractivity contribution is 7.89. The SMILES string of the molecule is CCOC(=O)Cc1ccc(NC(=O)[C@@H]2CCCN(S(=O)(=O)c3ccc(OCC)c(C)c3)C2)cc1. The molecule has 1 heterocycles. The minimum absolute atomic E-state index is 0.126. The molecule has 9 heteroatoms. The molecule has 2 aromatic rings. The van der Waals surface area contributed by atoms with Crippen molar-refractivity contribution in [2.45, 2.75) is 44.9 Å². The summed E-state index contributed by atoms with van der Waals surface area (Å²) in [5.74, 6) is -0.316. The van der Waals surface area contributed by atoms with Crippen LogP contribution in [0.4, 0.5) is 5.69 Å². The van der Waals surface area contributed by atoms with Crippen LogP contribution in [0.1, 0.15) is 37.8 Å². The van der Waals surface area contributed by atoms with Crippen molar-refractivity contribution in [3.8, 4) is 5.75 Å². The van der Waals surface area contributed by atoms with E-state index in [9.17, 15) is 18.0 Å². The summed E-state index contributed by atoms with van der Waals surface area (Å²) in [5.41, 5.74) is 2.14. The predicted molar refractivity (Wildman–Crippen MR) is 129 cm³/mol. The van der Waals surface area contributed by atoms with Gasteiger partial charge < -0.3 is 14.8 Å². The molecule has 34 heavy (non-hydrogen) atoms. The molecule has 1 amide bonds. The Labute approximate surface area is 201 Å². The van der Waals surface area contributed by atoms with Gasteiger partial charge in [-0.1, -0.05) is 12.1 Å². The molecule has 0 spiro atoms. The molecule has 0 aliphatic carbocycles. The van der Waals surface area contributed by atoms with Gasteiger partial charge in [0.1, 0.15) is 5.75 Å². The summed E-state index contributed by atoms with van der Waals surface area (Å²) in [6.45, 7) is 6.79. The Morgan fingerprint density at radius 2 is 1.82 bits per heavy atom. The molecule has 0 unspecified atom stereocenters. The molecular weight excluding hydrogens is 456 g/mol. The van der Waals surface area contributed by atoms with Gasteiger partial charge in [-0.25, -0.2) is 8.42 Å². The number of benzene rings is 2. The first-order valence-electron chi connectivity index (χ1n) is 11.5. The number of esters is 1. The summed E-state index contributed by atoms with van der Waals surface area (Å²) in [4.78, 5) is 24.7. The van der Waals surface area contributed by atoms with E-state index in [-0.39, 0.29) is 29.7 Å². The maximum Gasteiger partial charge on any atom is 0.310 e. The van der Waals surface area contributed by atoms with Gasteiger partial charge in [0.05, 0.1) is 30.4 Å². The molecule has 1 atom stereocenters. The maximum atomic E-state index is 13.2. The number of ether oxygens (including phenoxy) is 2.